The van der Waals surface area contributed by atoms with Gasteiger partial charge in [0.2, 0.25) is 0 Å². The molecule has 2 aromatic rings. The molecule has 18 heavy (non-hydrogen) atoms. The van der Waals surface area contributed by atoms with Gasteiger partial charge < -0.3 is 14.6 Å². The van der Waals surface area contributed by atoms with E-state index in [-0.39, 0.29) is 0 Å². The molecule has 4 heteroatoms. The molecular weight excluding hydrogens is 230 g/mol. The zero-order valence-corrected chi connectivity index (χ0v) is 10.3. The molecule has 4 nitrogen and oxygen atoms in total. The summed E-state index contributed by atoms with van der Waals surface area (Å²) >= 11 is 0. The lowest BCUT2D eigenvalue weighted by Crippen LogP contribution is -2.03. The number of hydrogen-bond donors (Lipinski definition) is 1. The third kappa shape index (κ3) is 2.43. The molecule has 1 heterocycles. The number of rotatable bonds is 4. The summed E-state index contributed by atoms with van der Waals surface area (Å²) in [4.78, 5) is 3.97. The van der Waals surface area contributed by atoms with Crippen molar-refractivity contribution in [3.8, 4) is 11.5 Å². The van der Waals surface area contributed by atoms with Crippen molar-refractivity contribution in [2.45, 2.75) is 6.10 Å². The Balaban J connectivity index is 2.37. The second kappa shape index (κ2) is 5.51. The van der Waals surface area contributed by atoms with E-state index in [0.717, 1.165) is 5.56 Å². The van der Waals surface area contributed by atoms with Crippen molar-refractivity contribution >= 4 is 0 Å². The number of aliphatic hydroxyl groups excluding tert-OH is 1. The third-order valence-corrected chi connectivity index (χ3v) is 2.74. The van der Waals surface area contributed by atoms with Crippen LogP contribution in [0.15, 0.2) is 42.7 Å². The summed E-state index contributed by atoms with van der Waals surface area (Å²) in [7, 11) is 3.15. The van der Waals surface area contributed by atoms with E-state index in [1.54, 1.807) is 38.7 Å². The van der Waals surface area contributed by atoms with Crippen LogP contribution in [-0.4, -0.2) is 24.3 Å². The van der Waals surface area contributed by atoms with Crippen LogP contribution < -0.4 is 9.47 Å². The van der Waals surface area contributed by atoms with Gasteiger partial charge in [-0.25, -0.2) is 0 Å². The molecule has 2 rings (SSSR count). The molecule has 94 valence electrons. The van der Waals surface area contributed by atoms with E-state index in [0.29, 0.717) is 17.1 Å². The fourth-order valence-corrected chi connectivity index (χ4v) is 1.78. The average molecular weight is 245 g/mol. The first-order valence-electron chi connectivity index (χ1n) is 5.56. The van der Waals surface area contributed by atoms with E-state index in [1.165, 1.54) is 0 Å². The van der Waals surface area contributed by atoms with Gasteiger partial charge in [-0.3, -0.25) is 4.98 Å². The minimum absolute atomic E-state index is 0.563. The molecule has 0 aliphatic rings. The lowest BCUT2D eigenvalue weighted by molar-refractivity contribution is 0.214. The molecule has 1 unspecified atom stereocenters. The van der Waals surface area contributed by atoms with Crippen molar-refractivity contribution in [1.82, 2.24) is 4.98 Å². The highest BCUT2D eigenvalue weighted by atomic mass is 16.5. The van der Waals surface area contributed by atoms with Crippen molar-refractivity contribution in [1.29, 1.82) is 0 Å². The Labute approximate surface area is 106 Å². The zero-order chi connectivity index (χ0) is 13.0. The molecule has 0 saturated heterocycles. The van der Waals surface area contributed by atoms with Crippen LogP contribution in [0, 0.1) is 0 Å². The Morgan fingerprint density at radius 1 is 1.17 bits per heavy atom. The molecule has 0 amide bonds. The topological polar surface area (TPSA) is 51.6 Å². The highest BCUT2D eigenvalue weighted by Crippen LogP contribution is 2.30. The summed E-state index contributed by atoms with van der Waals surface area (Å²) in [5.74, 6) is 1.27. The number of hydrogen-bond acceptors (Lipinski definition) is 4. The van der Waals surface area contributed by atoms with Crippen LogP contribution in [0.1, 0.15) is 17.2 Å². The number of benzene rings is 1. The molecule has 0 aliphatic heterocycles. The lowest BCUT2D eigenvalue weighted by Gasteiger charge is -2.15. The van der Waals surface area contributed by atoms with E-state index >= 15 is 0 Å². The van der Waals surface area contributed by atoms with Crippen LogP contribution in [0.3, 0.4) is 0 Å². The summed E-state index contributed by atoms with van der Waals surface area (Å²) in [6, 6.07) is 9.05. The largest absolute Gasteiger partial charge is 0.497 e. The Morgan fingerprint density at radius 3 is 2.72 bits per heavy atom. The van der Waals surface area contributed by atoms with Crippen molar-refractivity contribution in [3.63, 3.8) is 0 Å². The summed E-state index contributed by atoms with van der Waals surface area (Å²) in [6.07, 6.45) is 2.44. The summed E-state index contributed by atoms with van der Waals surface area (Å²) in [5, 5.41) is 10.4. The van der Waals surface area contributed by atoms with Crippen molar-refractivity contribution in [2.24, 2.45) is 0 Å². The van der Waals surface area contributed by atoms with Gasteiger partial charge in [0.15, 0.2) is 0 Å². The van der Waals surface area contributed by atoms with Crippen LogP contribution in [0.4, 0.5) is 0 Å². The molecule has 0 spiro atoms. The van der Waals surface area contributed by atoms with E-state index in [4.69, 9.17) is 9.47 Å². The van der Waals surface area contributed by atoms with E-state index in [1.807, 2.05) is 18.2 Å². The first kappa shape index (κ1) is 12.4. The van der Waals surface area contributed by atoms with Gasteiger partial charge in [-0.05, 0) is 23.8 Å². The van der Waals surface area contributed by atoms with Crippen LogP contribution in [0.25, 0.3) is 0 Å². The van der Waals surface area contributed by atoms with E-state index < -0.39 is 6.10 Å². The molecule has 1 atom stereocenters. The molecule has 0 bridgehead atoms. The smallest absolute Gasteiger partial charge is 0.143 e. The predicted octanol–water partition coefficient (Wildman–Crippen LogP) is 2.18. The Bertz CT molecular complexity index is 528. The first-order chi connectivity index (χ1) is 8.76. The molecule has 1 aromatic carbocycles. The maximum Gasteiger partial charge on any atom is 0.143 e. The van der Waals surface area contributed by atoms with Gasteiger partial charge >= 0.3 is 0 Å². The molecule has 1 aromatic heterocycles. The number of ether oxygens (including phenoxy) is 2. The second-order valence-electron chi connectivity index (χ2n) is 3.80. The Morgan fingerprint density at radius 2 is 2.00 bits per heavy atom. The van der Waals surface area contributed by atoms with Crippen molar-refractivity contribution in [3.05, 3.63) is 53.9 Å². The molecule has 0 aliphatic carbocycles. The SMILES string of the molecule is COc1cccc(C(O)c2ccncc2OC)c1. The van der Waals surface area contributed by atoms with Crippen molar-refractivity contribution in [2.75, 3.05) is 14.2 Å². The zero-order valence-electron chi connectivity index (χ0n) is 10.3. The highest BCUT2D eigenvalue weighted by molar-refractivity contribution is 5.40. The maximum atomic E-state index is 10.4. The van der Waals surface area contributed by atoms with Gasteiger partial charge in [0.25, 0.3) is 0 Å². The van der Waals surface area contributed by atoms with Gasteiger partial charge in [0.05, 0.1) is 20.4 Å². The quantitative estimate of drug-likeness (QED) is 0.897. The molecule has 0 radical (unpaired) electrons. The van der Waals surface area contributed by atoms with Gasteiger partial charge in [0.1, 0.15) is 17.6 Å². The fourth-order valence-electron chi connectivity index (χ4n) is 1.78. The van der Waals surface area contributed by atoms with Gasteiger partial charge in [-0.15, -0.1) is 0 Å². The first-order valence-corrected chi connectivity index (χ1v) is 5.56. The standard InChI is InChI=1S/C14H15NO3/c1-17-11-5-3-4-10(8-11)14(16)12-6-7-15-9-13(12)18-2/h3-9,14,16H,1-2H3. The number of aromatic nitrogens is 1. The third-order valence-electron chi connectivity index (χ3n) is 2.74. The second-order valence-corrected chi connectivity index (χ2v) is 3.80. The normalized spacial score (nSPS) is 11.9. The summed E-state index contributed by atoms with van der Waals surface area (Å²) in [6.45, 7) is 0. The number of methoxy groups -OCH3 is 2. The molecule has 0 saturated carbocycles. The highest BCUT2D eigenvalue weighted by Gasteiger charge is 2.15. The maximum absolute atomic E-state index is 10.4. The monoisotopic (exact) mass is 245 g/mol. The fraction of sp³-hybridized carbons (Fsp3) is 0.214. The summed E-state index contributed by atoms with van der Waals surface area (Å²) in [5.41, 5.74) is 1.43. The van der Waals surface area contributed by atoms with Crippen LogP contribution in [0.2, 0.25) is 0 Å². The van der Waals surface area contributed by atoms with Crippen LogP contribution in [0.5, 0.6) is 11.5 Å². The lowest BCUT2D eigenvalue weighted by atomic mass is 10.0. The number of pyridine rings is 1. The van der Waals surface area contributed by atoms with E-state index in [2.05, 4.69) is 4.98 Å². The predicted molar refractivity (Wildman–Crippen MR) is 67.8 cm³/mol. The van der Waals surface area contributed by atoms with Gasteiger partial charge in [-0.2, -0.15) is 0 Å². The minimum atomic E-state index is -0.766. The summed E-state index contributed by atoms with van der Waals surface area (Å²) < 4.78 is 10.3. The number of nitrogens with zero attached hydrogens (tertiary/aromatic N) is 1. The van der Waals surface area contributed by atoms with E-state index in [9.17, 15) is 5.11 Å². The minimum Gasteiger partial charge on any atom is -0.497 e. The molecule has 1 N–H and O–H groups in total. The van der Waals surface area contributed by atoms with Crippen molar-refractivity contribution < 1.29 is 14.6 Å². The average Bonchev–Trinajstić information content (AvgIpc) is 2.46. The van der Waals surface area contributed by atoms with Crippen LogP contribution in [-0.2, 0) is 0 Å². The Hall–Kier alpha value is -2.07. The molecule has 0 fully saturated rings. The number of aliphatic hydroxyl groups is 1. The van der Waals surface area contributed by atoms with Gasteiger partial charge in [-0.1, -0.05) is 12.1 Å². The van der Waals surface area contributed by atoms with Crippen LogP contribution >= 0.6 is 0 Å². The van der Waals surface area contributed by atoms with Gasteiger partial charge in [0, 0.05) is 11.8 Å². The Kier molecular flexibility index (Phi) is 3.79. The molecular formula is C14H15NO3.